The smallest absolute Gasteiger partial charge is 0.113 e. The first-order valence-corrected chi connectivity index (χ1v) is 8.57. The molecule has 1 N–H and O–H groups in total. The molecule has 0 radical (unpaired) electrons. The van der Waals surface area contributed by atoms with E-state index in [1.54, 1.807) is 0 Å². The number of nitrogens with one attached hydrogen (secondary N) is 1. The summed E-state index contributed by atoms with van der Waals surface area (Å²) >= 11 is 1.86. The molecule has 19 heavy (non-hydrogen) atoms. The van der Waals surface area contributed by atoms with Crippen LogP contribution in [0.15, 0.2) is 5.38 Å². The SMILES string of the molecule is CCCNC1(c2nc(C(C)(C)C)cs2)CCCCC1. The molecule has 1 saturated carbocycles. The van der Waals surface area contributed by atoms with Gasteiger partial charge in [0.15, 0.2) is 0 Å². The lowest BCUT2D eigenvalue weighted by atomic mass is 9.82. The highest BCUT2D eigenvalue weighted by atomic mass is 32.1. The fraction of sp³-hybridized carbons (Fsp3) is 0.812. The molecule has 2 nitrogen and oxygen atoms in total. The number of aromatic nitrogens is 1. The molecule has 0 spiro atoms. The van der Waals surface area contributed by atoms with Crippen molar-refractivity contribution in [1.29, 1.82) is 0 Å². The van der Waals surface area contributed by atoms with E-state index < -0.39 is 0 Å². The molecule has 1 fully saturated rings. The van der Waals surface area contributed by atoms with Crippen LogP contribution in [0.3, 0.4) is 0 Å². The molecule has 1 aromatic heterocycles. The van der Waals surface area contributed by atoms with Crippen LogP contribution in [0.2, 0.25) is 0 Å². The molecule has 108 valence electrons. The summed E-state index contributed by atoms with van der Waals surface area (Å²) < 4.78 is 0. The standard InChI is InChI=1S/C16H28N2S/c1-5-11-17-16(9-7-6-8-10-16)14-18-13(12-19-14)15(2,3)4/h12,17H,5-11H2,1-4H3. The molecule has 0 atom stereocenters. The molecular weight excluding hydrogens is 252 g/mol. The van der Waals surface area contributed by atoms with Crippen molar-refractivity contribution in [2.24, 2.45) is 0 Å². The Balaban J connectivity index is 2.25. The van der Waals surface area contributed by atoms with Crippen LogP contribution in [0.25, 0.3) is 0 Å². The Morgan fingerprint density at radius 1 is 1.26 bits per heavy atom. The van der Waals surface area contributed by atoms with Gasteiger partial charge < -0.3 is 5.32 Å². The Labute approximate surface area is 122 Å². The first-order valence-electron chi connectivity index (χ1n) is 7.69. The van der Waals surface area contributed by atoms with Gasteiger partial charge in [-0.3, -0.25) is 0 Å². The lowest BCUT2D eigenvalue weighted by molar-refractivity contribution is 0.233. The summed E-state index contributed by atoms with van der Waals surface area (Å²) in [6.07, 6.45) is 7.75. The second kappa shape index (κ2) is 5.92. The minimum absolute atomic E-state index is 0.162. The Kier molecular flexibility index (Phi) is 4.67. The summed E-state index contributed by atoms with van der Waals surface area (Å²) in [5.41, 5.74) is 1.58. The molecule has 1 aromatic rings. The predicted octanol–water partition coefficient (Wildman–Crippen LogP) is 4.60. The van der Waals surface area contributed by atoms with Crippen molar-refractivity contribution in [2.45, 2.75) is 77.2 Å². The number of rotatable bonds is 4. The third-order valence-corrected chi connectivity index (χ3v) is 5.15. The van der Waals surface area contributed by atoms with E-state index >= 15 is 0 Å². The minimum atomic E-state index is 0.162. The highest BCUT2D eigenvalue weighted by molar-refractivity contribution is 7.09. The largest absolute Gasteiger partial charge is 0.305 e. The maximum atomic E-state index is 4.99. The average Bonchev–Trinajstić information content (AvgIpc) is 2.87. The first-order chi connectivity index (χ1) is 8.98. The van der Waals surface area contributed by atoms with Crippen LogP contribution in [0.5, 0.6) is 0 Å². The Morgan fingerprint density at radius 2 is 1.95 bits per heavy atom. The molecule has 1 aliphatic rings. The third-order valence-electron chi connectivity index (χ3n) is 4.10. The number of hydrogen-bond donors (Lipinski definition) is 1. The fourth-order valence-electron chi connectivity index (χ4n) is 2.82. The van der Waals surface area contributed by atoms with Crippen LogP contribution < -0.4 is 5.32 Å². The van der Waals surface area contributed by atoms with Crippen LogP contribution in [-0.2, 0) is 11.0 Å². The maximum Gasteiger partial charge on any atom is 0.113 e. The van der Waals surface area contributed by atoms with Crippen LogP contribution in [-0.4, -0.2) is 11.5 Å². The van der Waals surface area contributed by atoms with Gasteiger partial charge in [-0.15, -0.1) is 11.3 Å². The van der Waals surface area contributed by atoms with Gasteiger partial charge in [0, 0.05) is 10.8 Å². The molecule has 0 aromatic carbocycles. The average molecular weight is 280 g/mol. The molecular formula is C16H28N2S. The van der Waals surface area contributed by atoms with Crippen LogP contribution in [0, 0.1) is 0 Å². The molecule has 0 bridgehead atoms. The number of nitrogens with zero attached hydrogens (tertiary/aromatic N) is 1. The van der Waals surface area contributed by atoms with Gasteiger partial charge in [-0.1, -0.05) is 47.0 Å². The van der Waals surface area contributed by atoms with Gasteiger partial charge in [0.1, 0.15) is 5.01 Å². The van der Waals surface area contributed by atoms with Crippen molar-refractivity contribution in [3.05, 3.63) is 16.1 Å². The summed E-state index contributed by atoms with van der Waals surface area (Å²) in [7, 11) is 0. The van der Waals surface area contributed by atoms with Crippen LogP contribution in [0.1, 0.15) is 76.9 Å². The van der Waals surface area contributed by atoms with Crippen molar-refractivity contribution in [1.82, 2.24) is 10.3 Å². The zero-order valence-corrected chi connectivity index (χ0v) is 13.7. The van der Waals surface area contributed by atoms with Gasteiger partial charge in [-0.2, -0.15) is 0 Å². The van der Waals surface area contributed by atoms with E-state index in [9.17, 15) is 0 Å². The number of hydrogen-bond acceptors (Lipinski definition) is 3. The van der Waals surface area contributed by atoms with Crippen molar-refractivity contribution >= 4 is 11.3 Å². The van der Waals surface area contributed by atoms with Gasteiger partial charge >= 0.3 is 0 Å². The van der Waals surface area contributed by atoms with Gasteiger partial charge in [0.2, 0.25) is 0 Å². The van der Waals surface area contributed by atoms with Gasteiger partial charge in [-0.05, 0) is 25.8 Å². The molecule has 0 saturated heterocycles. The van der Waals surface area contributed by atoms with Gasteiger partial charge in [0.05, 0.1) is 11.2 Å². The van der Waals surface area contributed by atoms with E-state index in [1.165, 1.54) is 49.2 Å². The molecule has 3 heteroatoms. The van der Waals surface area contributed by atoms with E-state index in [0.29, 0.717) is 0 Å². The number of thiazole rings is 1. The van der Waals surface area contributed by atoms with Gasteiger partial charge in [0.25, 0.3) is 0 Å². The molecule has 0 unspecified atom stereocenters. The lowest BCUT2D eigenvalue weighted by Crippen LogP contribution is -2.44. The third kappa shape index (κ3) is 3.38. The molecule has 0 aliphatic heterocycles. The second-order valence-electron chi connectivity index (χ2n) is 6.86. The topological polar surface area (TPSA) is 24.9 Å². The van der Waals surface area contributed by atoms with Crippen molar-refractivity contribution in [2.75, 3.05) is 6.54 Å². The highest BCUT2D eigenvalue weighted by Crippen LogP contribution is 2.39. The Bertz CT molecular complexity index is 397. The van der Waals surface area contributed by atoms with E-state index in [0.717, 1.165) is 6.54 Å². The van der Waals surface area contributed by atoms with Crippen molar-refractivity contribution in [3.8, 4) is 0 Å². The quantitative estimate of drug-likeness (QED) is 0.872. The monoisotopic (exact) mass is 280 g/mol. The summed E-state index contributed by atoms with van der Waals surface area (Å²) in [6.45, 7) is 10.1. The summed E-state index contributed by atoms with van der Waals surface area (Å²) in [4.78, 5) is 4.99. The van der Waals surface area contributed by atoms with E-state index in [-0.39, 0.29) is 11.0 Å². The summed E-state index contributed by atoms with van der Waals surface area (Å²) in [6, 6.07) is 0. The summed E-state index contributed by atoms with van der Waals surface area (Å²) in [5.74, 6) is 0. The van der Waals surface area contributed by atoms with E-state index in [4.69, 9.17) is 4.98 Å². The summed E-state index contributed by atoms with van der Waals surface area (Å²) in [5, 5.41) is 7.40. The first kappa shape index (κ1) is 15.0. The van der Waals surface area contributed by atoms with Crippen molar-refractivity contribution in [3.63, 3.8) is 0 Å². The minimum Gasteiger partial charge on any atom is -0.305 e. The Hall–Kier alpha value is -0.410. The van der Waals surface area contributed by atoms with Crippen LogP contribution >= 0.6 is 11.3 Å². The fourth-order valence-corrected chi connectivity index (χ4v) is 4.11. The maximum absolute atomic E-state index is 4.99. The van der Waals surface area contributed by atoms with Gasteiger partial charge in [-0.25, -0.2) is 4.98 Å². The lowest BCUT2D eigenvalue weighted by Gasteiger charge is -2.36. The van der Waals surface area contributed by atoms with Crippen LogP contribution in [0.4, 0.5) is 0 Å². The molecule has 1 aliphatic carbocycles. The Morgan fingerprint density at radius 3 is 2.47 bits per heavy atom. The zero-order valence-electron chi connectivity index (χ0n) is 12.9. The second-order valence-corrected chi connectivity index (χ2v) is 7.72. The van der Waals surface area contributed by atoms with Crippen molar-refractivity contribution < 1.29 is 0 Å². The zero-order chi connectivity index (χ0) is 13.9. The van der Waals surface area contributed by atoms with E-state index in [2.05, 4.69) is 38.4 Å². The predicted molar refractivity (Wildman–Crippen MR) is 83.9 cm³/mol. The molecule has 1 heterocycles. The highest BCUT2D eigenvalue weighted by Gasteiger charge is 2.36. The molecule has 0 amide bonds. The van der Waals surface area contributed by atoms with E-state index in [1.807, 2.05) is 11.3 Å². The molecule has 2 rings (SSSR count). The normalized spacial score (nSPS) is 19.6.